The summed E-state index contributed by atoms with van der Waals surface area (Å²) in [6.45, 7) is 2.55. The van der Waals surface area contributed by atoms with Crippen LogP contribution in [0.1, 0.15) is 18.5 Å². The van der Waals surface area contributed by atoms with Crippen LogP contribution in [0.25, 0.3) is 10.9 Å². The molecule has 96 valence electrons. The molecular weight excluding hydrogens is 226 g/mol. The number of para-hydroxylation sites is 1. The van der Waals surface area contributed by atoms with E-state index in [1.54, 1.807) is 0 Å². The molecule has 4 nitrogen and oxygen atoms in total. The zero-order chi connectivity index (χ0) is 12.4. The van der Waals surface area contributed by atoms with Gasteiger partial charge >= 0.3 is 0 Å². The van der Waals surface area contributed by atoms with Crippen LogP contribution in [0.5, 0.6) is 0 Å². The monoisotopic (exact) mass is 245 g/mol. The molecule has 2 heterocycles. The van der Waals surface area contributed by atoms with Crippen LogP contribution in [0.15, 0.2) is 24.3 Å². The van der Waals surface area contributed by atoms with E-state index >= 15 is 0 Å². The fourth-order valence-corrected chi connectivity index (χ4v) is 2.56. The van der Waals surface area contributed by atoms with Crippen molar-refractivity contribution < 1.29 is 4.74 Å². The van der Waals surface area contributed by atoms with Gasteiger partial charge in [0.25, 0.3) is 0 Å². The van der Waals surface area contributed by atoms with Gasteiger partial charge in [-0.15, -0.1) is 0 Å². The number of ether oxygens (including phenoxy) is 1. The molecular formula is C14H19N3O. The Hall–Kier alpha value is -1.39. The van der Waals surface area contributed by atoms with Crippen molar-refractivity contribution in [3.05, 3.63) is 30.0 Å². The highest BCUT2D eigenvalue weighted by atomic mass is 16.5. The second-order valence-electron chi connectivity index (χ2n) is 4.88. The summed E-state index contributed by atoms with van der Waals surface area (Å²) < 4.78 is 7.42. The van der Waals surface area contributed by atoms with Crippen LogP contribution in [0.3, 0.4) is 0 Å². The van der Waals surface area contributed by atoms with Crippen LogP contribution in [0.4, 0.5) is 0 Å². The maximum absolute atomic E-state index is 5.48. The third-order valence-electron chi connectivity index (χ3n) is 3.55. The lowest BCUT2D eigenvalue weighted by molar-refractivity contribution is 0.0698. The number of aromatic nitrogens is 2. The number of nitrogens with zero attached hydrogens (tertiary/aromatic N) is 2. The minimum Gasteiger partial charge on any atom is -0.380 e. The van der Waals surface area contributed by atoms with E-state index in [1.807, 2.05) is 11.7 Å². The van der Waals surface area contributed by atoms with Crippen molar-refractivity contribution in [3.8, 4) is 0 Å². The van der Waals surface area contributed by atoms with E-state index in [2.05, 4.69) is 34.7 Å². The van der Waals surface area contributed by atoms with E-state index in [9.17, 15) is 0 Å². The van der Waals surface area contributed by atoms with Crippen molar-refractivity contribution in [2.45, 2.75) is 25.4 Å². The molecule has 18 heavy (non-hydrogen) atoms. The molecule has 1 atom stereocenters. The van der Waals surface area contributed by atoms with Crippen molar-refractivity contribution in [3.63, 3.8) is 0 Å². The van der Waals surface area contributed by atoms with Gasteiger partial charge in [0.15, 0.2) is 0 Å². The predicted molar refractivity (Wildman–Crippen MR) is 71.4 cm³/mol. The van der Waals surface area contributed by atoms with E-state index in [0.29, 0.717) is 6.04 Å². The Morgan fingerprint density at radius 3 is 3.17 bits per heavy atom. The Bertz CT molecular complexity index is 529. The SMILES string of the molecule is Cn1nc(CNC2CCCOC2)c2ccccc21. The maximum atomic E-state index is 5.48. The lowest BCUT2D eigenvalue weighted by atomic mass is 10.1. The average molecular weight is 245 g/mol. The Morgan fingerprint density at radius 2 is 2.33 bits per heavy atom. The van der Waals surface area contributed by atoms with Crippen molar-refractivity contribution in [2.75, 3.05) is 13.2 Å². The van der Waals surface area contributed by atoms with Gasteiger partial charge in [-0.05, 0) is 18.9 Å². The molecule has 4 heteroatoms. The third kappa shape index (κ3) is 2.26. The molecule has 1 aliphatic heterocycles. The van der Waals surface area contributed by atoms with Crippen molar-refractivity contribution >= 4 is 10.9 Å². The zero-order valence-electron chi connectivity index (χ0n) is 10.7. The van der Waals surface area contributed by atoms with Gasteiger partial charge < -0.3 is 10.1 Å². The van der Waals surface area contributed by atoms with Crippen LogP contribution >= 0.6 is 0 Å². The molecule has 1 fully saturated rings. The van der Waals surface area contributed by atoms with E-state index in [4.69, 9.17) is 4.74 Å². The third-order valence-corrected chi connectivity index (χ3v) is 3.55. The van der Waals surface area contributed by atoms with Crippen molar-refractivity contribution in [1.29, 1.82) is 0 Å². The minimum atomic E-state index is 0.472. The highest BCUT2D eigenvalue weighted by molar-refractivity contribution is 5.81. The molecule has 1 aliphatic rings. The lowest BCUT2D eigenvalue weighted by Crippen LogP contribution is -2.36. The van der Waals surface area contributed by atoms with Gasteiger partial charge in [-0.2, -0.15) is 5.10 Å². The fourth-order valence-electron chi connectivity index (χ4n) is 2.56. The summed E-state index contributed by atoms with van der Waals surface area (Å²) in [6.07, 6.45) is 2.35. The average Bonchev–Trinajstić information content (AvgIpc) is 2.75. The molecule has 1 aromatic carbocycles. The second-order valence-corrected chi connectivity index (χ2v) is 4.88. The summed E-state index contributed by atoms with van der Waals surface area (Å²) in [7, 11) is 2.00. The van der Waals surface area contributed by atoms with Gasteiger partial charge in [0.2, 0.25) is 0 Å². The number of aryl methyl sites for hydroxylation is 1. The van der Waals surface area contributed by atoms with Gasteiger partial charge in [-0.3, -0.25) is 4.68 Å². The molecule has 1 saturated heterocycles. The lowest BCUT2D eigenvalue weighted by Gasteiger charge is -2.22. The normalized spacial score (nSPS) is 20.4. The van der Waals surface area contributed by atoms with Crippen LogP contribution in [-0.2, 0) is 18.3 Å². The molecule has 0 saturated carbocycles. The molecule has 3 rings (SSSR count). The molecule has 0 bridgehead atoms. The van der Waals surface area contributed by atoms with Gasteiger partial charge in [0.05, 0.1) is 17.8 Å². The maximum Gasteiger partial charge on any atom is 0.0841 e. The summed E-state index contributed by atoms with van der Waals surface area (Å²) in [5.74, 6) is 0. The minimum absolute atomic E-state index is 0.472. The van der Waals surface area contributed by atoms with Crippen LogP contribution in [-0.4, -0.2) is 29.0 Å². The Morgan fingerprint density at radius 1 is 1.44 bits per heavy atom. The summed E-state index contributed by atoms with van der Waals surface area (Å²) in [5.41, 5.74) is 2.31. The largest absolute Gasteiger partial charge is 0.380 e. The number of rotatable bonds is 3. The molecule has 1 unspecified atom stereocenters. The number of hydrogen-bond donors (Lipinski definition) is 1. The van der Waals surface area contributed by atoms with E-state index in [1.165, 1.54) is 17.3 Å². The van der Waals surface area contributed by atoms with E-state index in [-0.39, 0.29) is 0 Å². The summed E-state index contributed by atoms with van der Waals surface area (Å²) in [6, 6.07) is 8.83. The summed E-state index contributed by atoms with van der Waals surface area (Å²) in [5, 5.41) is 9.37. The van der Waals surface area contributed by atoms with Gasteiger partial charge in [-0.1, -0.05) is 18.2 Å². The summed E-state index contributed by atoms with van der Waals surface area (Å²) in [4.78, 5) is 0. The topological polar surface area (TPSA) is 39.1 Å². The number of hydrogen-bond acceptors (Lipinski definition) is 3. The van der Waals surface area contributed by atoms with Gasteiger partial charge in [0, 0.05) is 31.6 Å². The fraction of sp³-hybridized carbons (Fsp3) is 0.500. The highest BCUT2D eigenvalue weighted by Gasteiger charge is 2.14. The van der Waals surface area contributed by atoms with Crippen LogP contribution in [0.2, 0.25) is 0 Å². The first-order valence-corrected chi connectivity index (χ1v) is 6.56. The smallest absolute Gasteiger partial charge is 0.0841 e. The molecule has 2 aromatic rings. The number of nitrogens with one attached hydrogen (secondary N) is 1. The van der Waals surface area contributed by atoms with Crippen molar-refractivity contribution in [2.24, 2.45) is 7.05 Å². The Balaban J connectivity index is 1.74. The standard InChI is InChI=1S/C14H19N3O/c1-17-14-7-3-2-6-12(14)13(16-17)9-15-11-5-4-8-18-10-11/h2-3,6-7,11,15H,4-5,8-10H2,1H3. The molecule has 0 amide bonds. The van der Waals surface area contributed by atoms with E-state index in [0.717, 1.165) is 31.9 Å². The Labute approximate surface area is 107 Å². The Kier molecular flexibility index (Phi) is 3.30. The molecule has 0 aliphatic carbocycles. The van der Waals surface area contributed by atoms with E-state index < -0.39 is 0 Å². The molecule has 1 N–H and O–H groups in total. The zero-order valence-corrected chi connectivity index (χ0v) is 10.7. The summed E-state index contributed by atoms with van der Waals surface area (Å²) >= 11 is 0. The first kappa shape index (κ1) is 11.7. The second kappa shape index (κ2) is 5.08. The van der Waals surface area contributed by atoms with Gasteiger partial charge in [-0.25, -0.2) is 0 Å². The first-order valence-electron chi connectivity index (χ1n) is 6.56. The first-order chi connectivity index (χ1) is 8.84. The number of fused-ring (bicyclic) bond motifs is 1. The molecule has 0 spiro atoms. The van der Waals surface area contributed by atoms with Crippen LogP contribution in [0, 0.1) is 0 Å². The quantitative estimate of drug-likeness (QED) is 0.897. The predicted octanol–water partition coefficient (Wildman–Crippen LogP) is 1.84. The molecule has 0 radical (unpaired) electrons. The van der Waals surface area contributed by atoms with Crippen molar-refractivity contribution in [1.82, 2.24) is 15.1 Å². The number of benzene rings is 1. The highest BCUT2D eigenvalue weighted by Crippen LogP contribution is 2.17. The molecule has 1 aromatic heterocycles. The van der Waals surface area contributed by atoms with Crippen LogP contribution < -0.4 is 5.32 Å². The van der Waals surface area contributed by atoms with Gasteiger partial charge in [0.1, 0.15) is 0 Å².